The summed E-state index contributed by atoms with van der Waals surface area (Å²) in [7, 11) is 0. The fourth-order valence-corrected chi connectivity index (χ4v) is 6.20. The Balaban J connectivity index is 1.65. The Morgan fingerprint density at radius 3 is 2.38 bits per heavy atom. The summed E-state index contributed by atoms with van der Waals surface area (Å²) in [4.78, 5) is 27.5. The molecule has 0 radical (unpaired) electrons. The molecule has 13 heteroatoms. The highest BCUT2D eigenvalue weighted by molar-refractivity contribution is 7.07. The lowest BCUT2D eigenvalue weighted by Gasteiger charge is -2.13. The molecule has 0 unspecified atom stereocenters. The Morgan fingerprint density at radius 2 is 1.67 bits per heavy atom. The van der Waals surface area contributed by atoms with E-state index in [2.05, 4.69) is 5.32 Å². The molecule has 48 heavy (non-hydrogen) atoms. The zero-order valence-electron chi connectivity index (χ0n) is 24.4. The predicted molar refractivity (Wildman–Crippen MR) is 176 cm³/mol. The summed E-state index contributed by atoms with van der Waals surface area (Å²) in [5, 5.41) is 17.5. The Morgan fingerprint density at radius 1 is 0.958 bits per heavy atom. The molecule has 0 atom stereocenters. The molecule has 1 amide bonds. The molecule has 0 bridgehead atoms. The number of rotatable bonds is 6. The van der Waals surface area contributed by atoms with Crippen molar-refractivity contribution in [2.75, 3.05) is 5.32 Å². The van der Waals surface area contributed by atoms with Gasteiger partial charge < -0.3 is 5.32 Å². The van der Waals surface area contributed by atoms with Crippen molar-refractivity contribution in [1.82, 2.24) is 14.3 Å². The maximum atomic E-state index is 14.4. The average Bonchev–Trinajstić information content (AvgIpc) is 3.63. The molecule has 0 aliphatic carbocycles. The topological polar surface area (TPSA) is 92.7 Å². The minimum atomic E-state index is -4.89. The first-order valence-corrected chi connectivity index (χ1v) is 15.3. The molecule has 0 fully saturated rings. The molecule has 6 rings (SSSR count). The van der Waals surface area contributed by atoms with E-state index >= 15 is 0 Å². The van der Waals surface area contributed by atoms with E-state index in [0.717, 1.165) is 24.3 Å². The molecule has 0 spiro atoms. The van der Waals surface area contributed by atoms with Gasteiger partial charge in [-0.05, 0) is 54.6 Å². The number of anilines is 1. The van der Waals surface area contributed by atoms with Crippen molar-refractivity contribution in [1.29, 1.82) is 5.26 Å². The molecule has 2 heterocycles. The molecule has 4 aromatic carbocycles. The third-order valence-corrected chi connectivity index (χ3v) is 8.42. The van der Waals surface area contributed by atoms with Crippen LogP contribution in [0.1, 0.15) is 11.1 Å². The lowest BCUT2D eigenvalue weighted by atomic mass is 10.1. The number of carbonyl (C=O) groups excluding carboxylic acids is 1. The summed E-state index contributed by atoms with van der Waals surface area (Å²) in [5.41, 5.74) is -1.57. The van der Waals surface area contributed by atoms with Crippen LogP contribution in [0, 0.1) is 17.1 Å². The van der Waals surface area contributed by atoms with Gasteiger partial charge in [0.25, 0.3) is 11.5 Å². The van der Waals surface area contributed by atoms with Crippen molar-refractivity contribution in [3.05, 3.63) is 151 Å². The number of para-hydroxylation sites is 3. The van der Waals surface area contributed by atoms with E-state index < -0.39 is 40.3 Å². The van der Waals surface area contributed by atoms with Gasteiger partial charge in [-0.2, -0.15) is 23.5 Å². The number of nitrogens with one attached hydrogen (secondary N) is 1. The molecule has 0 aliphatic rings. The van der Waals surface area contributed by atoms with Gasteiger partial charge in [0.05, 0.1) is 27.2 Å². The molecule has 238 valence electrons. The van der Waals surface area contributed by atoms with Crippen molar-refractivity contribution < 1.29 is 22.4 Å². The number of nitriles is 1. The van der Waals surface area contributed by atoms with Gasteiger partial charge in [-0.15, -0.1) is 11.3 Å². The van der Waals surface area contributed by atoms with E-state index in [9.17, 15) is 32.4 Å². The Labute approximate surface area is 278 Å². The van der Waals surface area contributed by atoms with Crippen LogP contribution in [-0.2, 0) is 11.0 Å². The zero-order chi connectivity index (χ0) is 34.0. The lowest BCUT2D eigenvalue weighted by Crippen LogP contribution is -2.33. The number of nitrogens with zero attached hydrogens (tertiary/aromatic N) is 4. The number of amides is 1. The van der Waals surface area contributed by atoms with Crippen LogP contribution in [0.4, 0.5) is 23.2 Å². The maximum absolute atomic E-state index is 14.4. The van der Waals surface area contributed by atoms with Crippen molar-refractivity contribution in [2.24, 2.45) is 0 Å². The number of aromatic nitrogens is 3. The van der Waals surface area contributed by atoms with E-state index in [1.807, 2.05) is 30.3 Å². The molecule has 0 aliphatic heterocycles. The van der Waals surface area contributed by atoms with E-state index in [1.54, 1.807) is 41.2 Å². The van der Waals surface area contributed by atoms with Crippen LogP contribution in [0.3, 0.4) is 0 Å². The van der Waals surface area contributed by atoms with Crippen molar-refractivity contribution in [3.63, 3.8) is 0 Å². The fourth-order valence-electron chi connectivity index (χ4n) is 4.93. The highest BCUT2D eigenvalue weighted by atomic mass is 35.5. The molecule has 7 nitrogen and oxygen atoms in total. The fraction of sp³-hybridized carbons (Fsp3) is 0.0286. The molecule has 2 aromatic heterocycles. The van der Waals surface area contributed by atoms with Crippen LogP contribution in [-0.4, -0.2) is 20.3 Å². The maximum Gasteiger partial charge on any atom is 0.418 e. The Bertz CT molecular complexity index is 2410. The van der Waals surface area contributed by atoms with Gasteiger partial charge in [0.1, 0.15) is 22.2 Å². The number of alkyl halides is 3. The zero-order valence-corrected chi connectivity index (χ0v) is 25.9. The second-order valence-corrected chi connectivity index (χ2v) is 11.7. The number of carbonyl (C=O) groups is 1. The van der Waals surface area contributed by atoms with Gasteiger partial charge in [0.15, 0.2) is 5.57 Å². The van der Waals surface area contributed by atoms with Gasteiger partial charge >= 0.3 is 6.18 Å². The van der Waals surface area contributed by atoms with E-state index in [4.69, 9.17) is 16.7 Å². The van der Waals surface area contributed by atoms with Gasteiger partial charge in [0, 0.05) is 22.3 Å². The molecule has 6 aromatic rings. The summed E-state index contributed by atoms with van der Waals surface area (Å²) in [6.45, 7) is 0. The highest BCUT2D eigenvalue weighted by Gasteiger charge is 2.34. The third kappa shape index (κ3) is 6.42. The van der Waals surface area contributed by atoms with Gasteiger partial charge in [-0.3, -0.25) is 14.2 Å². The minimum Gasteiger partial charge on any atom is -0.319 e. The van der Waals surface area contributed by atoms with Gasteiger partial charge in [-0.1, -0.05) is 66.2 Å². The van der Waals surface area contributed by atoms with Crippen LogP contribution in [0.2, 0.25) is 5.02 Å². The Hall–Kier alpha value is -5.77. The number of hydrogen-bond acceptors (Lipinski definition) is 5. The van der Waals surface area contributed by atoms with Crippen LogP contribution in [0.15, 0.2) is 114 Å². The summed E-state index contributed by atoms with van der Waals surface area (Å²) in [5.74, 6) is -1.92. The van der Waals surface area contributed by atoms with Crippen LogP contribution >= 0.6 is 22.9 Å². The van der Waals surface area contributed by atoms with Crippen molar-refractivity contribution in [2.45, 2.75) is 6.18 Å². The van der Waals surface area contributed by atoms with Crippen LogP contribution < -0.4 is 20.1 Å². The average molecular weight is 686 g/mol. The molecular weight excluding hydrogens is 666 g/mol. The summed E-state index contributed by atoms with van der Waals surface area (Å²) < 4.78 is 58.8. The third-order valence-electron chi connectivity index (χ3n) is 7.10. The molecule has 1 N–H and O–H groups in total. The number of benzene rings is 4. The first kappa shape index (κ1) is 32.2. The second-order valence-electron chi connectivity index (χ2n) is 10.2. The first-order valence-electron chi connectivity index (χ1n) is 14.1. The SMILES string of the molecule is N#C/C(C(=O)Nc1ccccc1F)=c1/s/c(=C/c2cn(-c3ccccc3)nc2-c2cccc(Cl)c2)c(=O)n1-c1ccccc1C(F)(F)F. The quantitative estimate of drug-likeness (QED) is 0.198. The normalized spacial score (nSPS) is 12.5. The molecule has 0 saturated carbocycles. The van der Waals surface area contributed by atoms with E-state index in [0.29, 0.717) is 43.4 Å². The smallest absolute Gasteiger partial charge is 0.319 e. The lowest BCUT2D eigenvalue weighted by molar-refractivity contribution is -0.137. The van der Waals surface area contributed by atoms with Crippen LogP contribution in [0.5, 0.6) is 0 Å². The van der Waals surface area contributed by atoms with Gasteiger partial charge in [-0.25, -0.2) is 9.07 Å². The number of hydrogen-bond donors (Lipinski definition) is 1. The Kier molecular flexibility index (Phi) is 8.82. The minimum absolute atomic E-state index is 0.107. The first-order chi connectivity index (χ1) is 23.0. The second kappa shape index (κ2) is 13.2. The van der Waals surface area contributed by atoms with Crippen molar-refractivity contribution in [3.8, 4) is 28.7 Å². The largest absolute Gasteiger partial charge is 0.418 e. The standard InChI is InChI=1S/C35H20ClF4N5O2S/c36-23-10-8-9-21(17-23)31-22(20-44(43-31)24-11-2-1-3-12-24)18-30-33(47)45(29-16-7-4-13-26(29)35(38,39)40)34(48-30)25(19-41)32(46)42-28-15-6-5-14-27(28)37/h1-18,20H,(H,42,46)/b30-18+,34-25-. The molecular formula is C35H20ClF4N5O2S. The highest BCUT2D eigenvalue weighted by Crippen LogP contribution is 2.33. The summed E-state index contributed by atoms with van der Waals surface area (Å²) >= 11 is 6.90. The van der Waals surface area contributed by atoms with E-state index in [-0.39, 0.29) is 14.9 Å². The molecule has 0 saturated heterocycles. The number of halogens is 5. The monoisotopic (exact) mass is 685 g/mol. The van der Waals surface area contributed by atoms with Crippen LogP contribution in [0.25, 0.3) is 34.3 Å². The predicted octanol–water partition coefficient (Wildman–Crippen LogP) is 6.70. The van der Waals surface area contributed by atoms with E-state index in [1.165, 1.54) is 30.3 Å². The summed E-state index contributed by atoms with van der Waals surface area (Å²) in [6, 6.07) is 27.1. The number of thiazole rings is 1. The van der Waals surface area contributed by atoms with Crippen molar-refractivity contribution >= 4 is 46.2 Å². The van der Waals surface area contributed by atoms with Gasteiger partial charge in [0.2, 0.25) is 0 Å². The summed E-state index contributed by atoms with van der Waals surface area (Å²) in [6.07, 6.45) is -1.83.